The predicted octanol–water partition coefficient (Wildman–Crippen LogP) is 3.75. The van der Waals surface area contributed by atoms with Gasteiger partial charge in [0.1, 0.15) is 0 Å². The molecule has 0 aliphatic rings. The lowest BCUT2D eigenvalue weighted by atomic mass is 9.96. The Bertz CT molecular complexity index is 342. The molecule has 0 spiro atoms. The van der Waals surface area contributed by atoms with E-state index < -0.39 is 0 Å². The number of anilines is 1. The van der Waals surface area contributed by atoms with Crippen molar-refractivity contribution in [2.24, 2.45) is 17.6 Å². The van der Waals surface area contributed by atoms with Crippen molar-refractivity contribution >= 4 is 33.2 Å². The maximum atomic E-state index is 6.01. The van der Waals surface area contributed by atoms with E-state index in [1.54, 1.807) is 0 Å². The van der Waals surface area contributed by atoms with E-state index in [0.29, 0.717) is 18.4 Å². The van der Waals surface area contributed by atoms with Gasteiger partial charge in [0.25, 0.3) is 0 Å². The largest absolute Gasteiger partial charge is 0.385 e. The summed E-state index contributed by atoms with van der Waals surface area (Å²) in [5.41, 5.74) is 6.75. The van der Waals surface area contributed by atoms with E-state index in [2.05, 4.69) is 35.1 Å². The fourth-order valence-corrected chi connectivity index (χ4v) is 1.87. The van der Waals surface area contributed by atoms with E-state index in [4.69, 9.17) is 17.3 Å². The summed E-state index contributed by atoms with van der Waals surface area (Å²) >= 11 is 9.38. The van der Waals surface area contributed by atoms with Crippen LogP contribution in [0.1, 0.15) is 13.8 Å². The van der Waals surface area contributed by atoms with Crippen molar-refractivity contribution in [1.29, 1.82) is 0 Å². The lowest BCUT2D eigenvalue weighted by Gasteiger charge is -2.20. The molecule has 0 amide bonds. The first-order valence-corrected chi connectivity index (χ1v) is 6.60. The molecule has 0 aliphatic carbocycles. The highest BCUT2D eigenvalue weighted by Gasteiger charge is 2.10. The third kappa shape index (κ3) is 3.96. The summed E-state index contributed by atoms with van der Waals surface area (Å²) in [4.78, 5) is 0. The quantitative estimate of drug-likeness (QED) is 0.869. The van der Waals surface area contributed by atoms with Gasteiger partial charge in [-0.3, -0.25) is 0 Å². The molecule has 0 radical (unpaired) electrons. The van der Waals surface area contributed by atoms with E-state index >= 15 is 0 Å². The Morgan fingerprint density at radius 2 is 2.12 bits per heavy atom. The average molecular weight is 306 g/mol. The number of nitrogens with two attached hydrogens (primary N) is 1. The minimum atomic E-state index is 0.488. The Hall–Kier alpha value is -0.250. The number of hydrogen-bond acceptors (Lipinski definition) is 2. The first kappa shape index (κ1) is 13.8. The molecule has 1 atom stereocenters. The highest BCUT2D eigenvalue weighted by atomic mass is 79.9. The Morgan fingerprint density at radius 1 is 1.44 bits per heavy atom. The van der Waals surface area contributed by atoms with Crippen LogP contribution in [-0.4, -0.2) is 13.1 Å². The minimum Gasteiger partial charge on any atom is -0.385 e. The first-order valence-electron chi connectivity index (χ1n) is 5.43. The molecule has 0 bridgehead atoms. The number of halogens is 2. The van der Waals surface area contributed by atoms with E-state index in [9.17, 15) is 0 Å². The molecule has 0 aliphatic heterocycles. The monoisotopic (exact) mass is 304 g/mol. The summed E-state index contributed by atoms with van der Waals surface area (Å²) in [5, 5.41) is 4.08. The third-order valence-electron chi connectivity index (χ3n) is 2.73. The second-order valence-electron chi connectivity index (χ2n) is 4.25. The van der Waals surface area contributed by atoms with Crippen LogP contribution in [0.15, 0.2) is 22.7 Å². The zero-order valence-electron chi connectivity index (χ0n) is 9.63. The second-order valence-corrected chi connectivity index (χ2v) is 5.51. The minimum absolute atomic E-state index is 0.488. The highest BCUT2D eigenvalue weighted by molar-refractivity contribution is 9.10. The molecular formula is C12H18BrClN2. The van der Waals surface area contributed by atoms with E-state index in [0.717, 1.165) is 21.7 Å². The molecule has 16 heavy (non-hydrogen) atoms. The first-order chi connectivity index (χ1) is 7.54. The second kappa shape index (κ2) is 6.48. The van der Waals surface area contributed by atoms with Gasteiger partial charge in [-0.05, 0) is 52.5 Å². The van der Waals surface area contributed by atoms with Crippen molar-refractivity contribution in [3.05, 3.63) is 27.7 Å². The van der Waals surface area contributed by atoms with Crippen LogP contribution < -0.4 is 11.1 Å². The van der Waals surface area contributed by atoms with Crippen molar-refractivity contribution in [2.75, 3.05) is 18.4 Å². The fraction of sp³-hybridized carbons (Fsp3) is 0.500. The number of hydrogen-bond donors (Lipinski definition) is 2. The third-order valence-corrected chi connectivity index (χ3v) is 3.97. The van der Waals surface area contributed by atoms with E-state index in [1.807, 2.05) is 18.2 Å². The summed E-state index contributed by atoms with van der Waals surface area (Å²) < 4.78 is 0.916. The predicted molar refractivity (Wildman–Crippen MR) is 75.0 cm³/mol. The summed E-state index contributed by atoms with van der Waals surface area (Å²) in [6, 6.07) is 5.86. The topological polar surface area (TPSA) is 38.0 Å². The van der Waals surface area contributed by atoms with Crippen LogP contribution in [0.25, 0.3) is 0 Å². The van der Waals surface area contributed by atoms with Gasteiger partial charge in [0.2, 0.25) is 0 Å². The molecule has 1 rings (SSSR count). The molecule has 0 saturated heterocycles. The van der Waals surface area contributed by atoms with Gasteiger partial charge in [0.15, 0.2) is 0 Å². The number of rotatable bonds is 5. The molecule has 0 fully saturated rings. The molecule has 2 nitrogen and oxygen atoms in total. The van der Waals surface area contributed by atoms with Gasteiger partial charge in [-0.2, -0.15) is 0 Å². The van der Waals surface area contributed by atoms with Gasteiger partial charge < -0.3 is 11.1 Å². The van der Waals surface area contributed by atoms with Crippen LogP contribution in [0.2, 0.25) is 5.02 Å². The molecule has 0 aromatic heterocycles. The Morgan fingerprint density at radius 3 is 2.62 bits per heavy atom. The van der Waals surface area contributed by atoms with Gasteiger partial charge in [0.05, 0.1) is 5.02 Å². The summed E-state index contributed by atoms with van der Waals surface area (Å²) in [6.07, 6.45) is 0. The van der Waals surface area contributed by atoms with Crippen LogP contribution in [-0.2, 0) is 0 Å². The van der Waals surface area contributed by atoms with Crippen LogP contribution in [0, 0.1) is 11.8 Å². The Balaban J connectivity index is 2.57. The summed E-state index contributed by atoms with van der Waals surface area (Å²) in [7, 11) is 0. The SMILES string of the molecule is CC(C)C(CN)CNc1ccc(Br)c(Cl)c1. The van der Waals surface area contributed by atoms with Crippen molar-refractivity contribution in [3.8, 4) is 0 Å². The van der Waals surface area contributed by atoms with Crippen LogP contribution >= 0.6 is 27.5 Å². The van der Waals surface area contributed by atoms with Crippen molar-refractivity contribution in [3.63, 3.8) is 0 Å². The number of nitrogens with one attached hydrogen (secondary N) is 1. The van der Waals surface area contributed by atoms with Crippen LogP contribution in [0.5, 0.6) is 0 Å². The van der Waals surface area contributed by atoms with Crippen molar-refractivity contribution in [2.45, 2.75) is 13.8 Å². The summed E-state index contributed by atoms with van der Waals surface area (Å²) in [6.45, 7) is 5.96. The molecule has 0 heterocycles. The lowest BCUT2D eigenvalue weighted by molar-refractivity contribution is 0.413. The fourth-order valence-electron chi connectivity index (χ4n) is 1.45. The standard InChI is InChI=1S/C12H18BrClN2/c1-8(2)9(6-15)7-16-10-3-4-11(13)12(14)5-10/h3-5,8-9,16H,6-7,15H2,1-2H3. The highest BCUT2D eigenvalue weighted by Crippen LogP contribution is 2.25. The van der Waals surface area contributed by atoms with Gasteiger partial charge in [-0.1, -0.05) is 25.4 Å². The molecule has 1 aromatic carbocycles. The molecule has 4 heteroatoms. The molecular weight excluding hydrogens is 288 g/mol. The van der Waals surface area contributed by atoms with Crippen molar-refractivity contribution < 1.29 is 0 Å². The van der Waals surface area contributed by atoms with E-state index in [-0.39, 0.29) is 0 Å². The van der Waals surface area contributed by atoms with Gasteiger partial charge in [-0.15, -0.1) is 0 Å². The molecule has 1 aromatic rings. The summed E-state index contributed by atoms with van der Waals surface area (Å²) in [5.74, 6) is 1.07. The van der Waals surface area contributed by atoms with E-state index in [1.165, 1.54) is 0 Å². The van der Waals surface area contributed by atoms with Gasteiger partial charge in [0, 0.05) is 16.7 Å². The van der Waals surface area contributed by atoms with Crippen molar-refractivity contribution in [1.82, 2.24) is 0 Å². The zero-order valence-corrected chi connectivity index (χ0v) is 12.0. The zero-order chi connectivity index (χ0) is 12.1. The van der Waals surface area contributed by atoms with Crippen LogP contribution in [0.3, 0.4) is 0 Å². The molecule has 90 valence electrons. The van der Waals surface area contributed by atoms with Gasteiger partial charge in [-0.25, -0.2) is 0 Å². The van der Waals surface area contributed by atoms with Gasteiger partial charge >= 0.3 is 0 Å². The van der Waals surface area contributed by atoms with Crippen LogP contribution in [0.4, 0.5) is 5.69 Å². The maximum absolute atomic E-state index is 6.01. The molecule has 3 N–H and O–H groups in total. The smallest absolute Gasteiger partial charge is 0.0568 e. The average Bonchev–Trinajstić information content (AvgIpc) is 2.23. The lowest BCUT2D eigenvalue weighted by Crippen LogP contribution is -2.27. The molecule has 0 saturated carbocycles. The Labute approximate surface area is 111 Å². The molecule has 1 unspecified atom stereocenters. The number of benzene rings is 1. The Kier molecular flexibility index (Phi) is 5.59. The maximum Gasteiger partial charge on any atom is 0.0568 e. The normalized spacial score (nSPS) is 12.9.